The van der Waals surface area contributed by atoms with Crippen LogP contribution in [-0.2, 0) is 6.42 Å². The van der Waals surface area contributed by atoms with E-state index in [0.29, 0.717) is 23.3 Å². The van der Waals surface area contributed by atoms with E-state index in [0.717, 1.165) is 17.5 Å². The Morgan fingerprint density at radius 3 is 2.65 bits per heavy atom. The summed E-state index contributed by atoms with van der Waals surface area (Å²) < 4.78 is 1.32. The Morgan fingerprint density at radius 1 is 1.19 bits per heavy atom. The van der Waals surface area contributed by atoms with Crippen molar-refractivity contribution in [3.8, 4) is 0 Å². The third kappa shape index (κ3) is 3.42. The van der Waals surface area contributed by atoms with Gasteiger partial charge >= 0.3 is 5.97 Å². The minimum Gasteiger partial charge on any atom is -0.478 e. The molecular weight excluding hydrogens is 328 g/mol. The fraction of sp³-hybridized carbons (Fsp3) is 0.190. The first-order valence-electron chi connectivity index (χ1n) is 8.53. The van der Waals surface area contributed by atoms with Crippen LogP contribution in [0.3, 0.4) is 0 Å². The molecule has 0 saturated heterocycles. The average molecular weight is 348 g/mol. The molecule has 3 rings (SSSR count). The summed E-state index contributed by atoms with van der Waals surface area (Å²) in [5.41, 5.74) is 3.71. The van der Waals surface area contributed by atoms with Gasteiger partial charge in [0.1, 0.15) is 5.65 Å². The Hall–Kier alpha value is -3.21. The molecule has 0 aliphatic heterocycles. The van der Waals surface area contributed by atoms with Gasteiger partial charge in [0, 0.05) is 11.8 Å². The molecular formula is C21H20N2O3. The number of aromatic carboxylic acids is 1. The summed E-state index contributed by atoms with van der Waals surface area (Å²) in [6.07, 6.45) is 6.53. The number of nitrogens with zero attached hydrogens (tertiary/aromatic N) is 2. The summed E-state index contributed by atoms with van der Waals surface area (Å²) in [5.74, 6) is -1.07. The van der Waals surface area contributed by atoms with Crippen molar-refractivity contribution in [1.29, 1.82) is 0 Å². The molecule has 3 aromatic rings. The van der Waals surface area contributed by atoms with Crippen LogP contribution in [-0.4, -0.2) is 20.5 Å². The molecule has 5 heteroatoms. The Bertz CT molecular complexity index is 1060. The number of hydrogen-bond donors (Lipinski definition) is 1. The molecule has 0 fully saturated rings. The third-order valence-electron chi connectivity index (χ3n) is 4.30. The van der Waals surface area contributed by atoms with Gasteiger partial charge in [-0.25, -0.2) is 9.78 Å². The predicted octanol–water partition coefficient (Wildman–Crippen LogP) is 3.82. The average Bonchev–Trinajstić information content (AvgIpc) is 2.63. The summed E-state index contributed by atoms with van der Waals surface area (Å²) in [6, 6.07) is 11.0. The number of benzene rings is 1. The third-order valence-corrected chi connectivity index (χ3v) is 4.30. The fourth-order valence-electron chi connectivity index (χ4n) is 2.88. The Labute approximate surface area is 151 Å². The van der Waals surface area contributed by atoms with Crippen molar-refractivity contribution < 1.29 is 9.90 Å². The molecule has 1 aromatic carbocycles. The molecule has 26 heavy (non-hydrogen) atoms. The predicted molar refractivity (Wildman–Crippen MR) is 103 cm³/mol. The number of aryl methyl sites for hydroxylation is 1. The molecule has 2 heterocycles. The van der Waals surface area contributed by atoms with Gasteiger partial charge in [0.2, 0.25) is 0 Å². The molecule has 0 radical (unpaired) electrons. The van der Waals surface area contributed by atoms with Gasteiger partial charge in [-0.05, 0) is 42.7 Å². The topological polar surface area (TPSA) is 71.7 Å². The lowest BCUT2D eigenvalue weighted by Crippen LogP contribution is -2.22. The van der Waals surface area contributed by atoms with Crippen LogP contribution >= 0.6 is 0 Å². The maximum absolute atomic E-state index is 12.9. The molecule has 1 N–H and O–H groups in total. The van der Waals surface area contributed by atoms with Gasteiger partial charge in [0.15, 0.2) is 0 Å². The smallest absolute Gasteiger partial charge is 0.337 e. The number of carboxylic acids is 1. The van der Waals surface area contributed by atoms with Gasteiger partial charge in [-0.1, -0.05) is 43.7 Å². The highest BCUT2D eigenvalue weighted by Crippen LogP contribution is 2.15. The minimum atomic E-state index is -1.07. The lowest BCUT2D eigenvalue weighted by Gasteiger charge is -2.08. The fourth-order valence-corrected chi connectivity index (χ4v) is 2.88. The second-order valence-corrected chi connectivity index (χ2v) is 6.17. The van der Waals surface area contributed by atoms with Crippen molar-refractivity contribution in [3.63, 3.8) is 0 Å². The van der Waals surface area contributed by atoms with Crippen molar-refractivity contribution in [2.24, 2.45) is 0 Å². The quantitative estimate of drug-likeness (QED) is 0.761. The summed E-state index contributed by atoms with van der Waals surface area (Å²) in [6.45, 7) is 4.03. The van der Waals surface area contributed by atoms with Gasteiger partial charge in [0.05, 0.1) is 11.3 Å². The van der Waals surface area contributed by atoms with Crippen LogP contribution in [0.4, 0.5) is 0 Å². The molecule has 5 nitrogen and oxygen atoms in total. The van der Waals surface area contributed by atoms with Crippen LogP contribution in [0.1, 0.15) is 46.1 Å². The van der Waals surface area contributed by atoms with Gasteiger partial charge in [-0.3, -0.25) is 9.20 Å². The van der Waals surface area contributed by atoms with E-state index < -0.39 is 5.97 Å². The van der Waals surface area contributed by atoms with Crippen LogP contribution < -0.4 is 5.56 Å². The first-order chi connectivity index (χ1) is 12.5. The Morgan fingerprint density at radius 2 is 1.96 bits per heavy atom. The van der Waals surface area contributed by atoms with Crippen molar-refractivity contribution in [2.45, 2.75) is 26.7 Å². The van der Waals surface area contributed by atoms with E-state index in [9.17, 15) is 9.59 Å². The van der Waals surface area contributed by atoms with Gasteiger partial charge in [-0.15, -0.1) is 0 Å². The first-order valence-corrected chi connectivity index (χ1v) is 8.53. The Balaban J connectivity index is 2.17. The minimum absolute atomic E-state index is 0.0621. The zero-order chi connectivity index (χ0) is 18.7. The van der Waals surface area contributed by atoms with Gasteiger partial charge in [0.25, 0.3) is 5.56 Å². The molecule has 0 saturated carbocycles. The van der Waals surface area contributed by atoms with Gasteiger partial charge < -0.3 is 5.11 Å². The standard InChI is InChI=1S/C21H20N2O3/c1-3-6-17-18(11-9-15-8-5-4-7-14(15)2)22-19-12-10-16(21(25)26)13-23(19)20(17)24/h4-5,7-13H,3,6H2,1-2H3,(H,25,26)/b11-9+. The molecule has 0 unspecified atom stereocenters. The van der Waals surface area contributed by atoms with E-state index >= 15 is 0 Å². The largest absolute Gasteiger partial charge is 0.478 e. The maximum Gasteiger partial charge on any atom is 0.337 e. The van der Waals surface area contributed by atoms with Crippen LogP contribution in [0.25, 0.3) is 17.8 Å². The van der Waals surface area contributed by atoms with E-state index in [1.54, 1.807) is 6.07 Å². The van der Waals surface area contributed by atoms with E-state index in [4.69, 9.17) is 5.11 Å². The summed E-state index contributed by atoms with van der Waals surface area (Å²) in [4.78, 5) is 28.6. The lowest BCUT2D eigenvalue weighted by atomic mass is 10.1. The normalized spacial score (nSPS) is 11.3. The number of hydrogen-bond acceptors (Lipinski definition) is 3. The molecule has 0 aliphatic rings. The Kier molecular flexibility index (Phi) is 4.98. The molecule has 132 valence electrons. The van der Waals surface area contributed by atoms with E-state index in [-0.39, 0.29) is 11.1 Å². The molecule has 0 aliphatic carbocycles. The number of aromatic nitrogens is 2. The van der Waals surface area contributed by atoms with Gasteiger partial charge in [-0.2, -0.15) is 0 Å². The van der Waals surface area contributed by atoms with Crippen molar-refractivity contribution in [3.05, 3.63) is 80.9 Å². The second-order valence-electron chi connectivity index (χ2n) is 6.17. The van der Waals surface area contributed by atoms with E-state index in [1.165, 1.54) is 16.7 Å². The van der Waals surface area contributed by atoms with E-state index in [2.05, 4.69) is 4.98 Å². The second kappa shape index (κ2) is 7.35. The van der Waals surface area contributed by atoms with Crippen LogP contribution in [0.5, 0.6) is 0 Å². The highest BCUT2D eigenvalue weighted by molar-refractivity contribution is 5.87. The number of carbonyl (C=O) groups is 1. The molecule has 0 atom stereocenters. The maximum atomic E-state index is 12.9. The summed E-state index contributed by atoms with van der Waals surface area (Å²) in [7, 11) is 0. The zero-order valence-electron chi connectivity index (χ0n) is 14.8. The molecule has 0 spiro atoms. The first kappa shape index (κ1) is 17.6. The number of fused-ring (bicyclic) bond motifs is 1. The van der Waals surface area contributed by atoms with E-state index in [1.807, 2.05) is 50.3 Å². The molecule has 0 bridgehead atoms. The lowest BCUT2D eigenvalue weighted by molar-refractivity contribution is 0.0696. The van der Waals surface area contributed by atoms with Crippen LogP contribution in [0.2, 0.25) is 0 Å². The summed E-state index contributed by atoms with van der Waals surface area (Å²) in [5, 5.41) is 9.15. The van der Waals surface area contributed by atoms with Crippen LogP contribution in [0.15, 0.2) is 47.4 Å². The molecule has 2 aromatic heterocycles. The SMILES string of the molecule is CCCc1c(/C=C/c2ccccc2C)nc2ccc(C(=O)O)cn2c1=O. The summed E-state index contributed by atoms with van der Waals surface area (Å²) >= 11 is 0. The monoisotopic (exact) mass is 348 g/mol. The van der Waals surface area contributed by atoms with Crippen LogP contribution in [0, 0.1) is 6.92 Å². The highest BCUT2D eigenvalue weighted by Gasteiger charge is 2.12. The van der Waals surface area contributed by atoms with Crippen molar-refractivity contribution >= 4 is 23.8 Å². The van der Waals surface area contributed by atoms with Crippen molar-refractivity contribution in [2.75, 3.05) is 0 Å². The number of rotatable bonds is 5. The van der Waals surface area contributed by atoms with Crippen molar-refractivity contribution in [1.82, 2.24) is 9.38 Å². The molecule has 0 amide bonds. The number of pyridine rings is 1. The zero-order valence-corrected chi connectivity index (χ0v) is 14.8. The highest BCUT2D eigenvalue weighted by atomic mass is 16.4. The number of carboxylic acid groups (broad SMARTS) is 1.